The number of carbonyl (C=O) groups is 1. The molecule has 0 saturated carbocycles. The van der Waals surface area contributed by atoms with Crippen molar-refractivity contribution in [2.24, 2.45) is 0 Å². The van der Waals surface area contributed by atoms with Gasteiger partial charge in [-0.05, 0) is 36.2 Å². The van der Waals surface area contributed by atoms with Crippen molar-refractivity contribution in [2.45, 2.75) is 39.5 Å². The molecule has 2 heterocycles. The van der Waals surface area contributed by atoms with Crippen molar-refractivity contribution < 1.29 is 9.53 Å². The van der Waals surface area contributed by atoms with E-state index >= 15 is 0 Å². The molecule has 2 aromatic rings. The second-order valence-corrected chi connectivity index (χ2v) is 7.64. The van der Waals surface area contributed by atoms with E-state index in [1.54, 1.807) is 0 Å². The molecule has 1 aromatic heterocycles. The molecule has 0 aliphatic carbocycles. The van der Waals surface area contributed by atoms with Crippen molar-refractivity contribution >= 4 is 5.91 Å². The lowest BCUT2D eigenvalue weighted by molar-refractivity contribution is -0.121. The van der Waals surface area contributed by atoms with Crippen molar-refractivity contribution in [1.29, 1.82) is 0 Å². The third-order valence-corrected chi connectivity index (χ3v) is 5.17. The van der Waals surface area contributed by atoms with Gasteiger partial charge in [-0.1, -0.05) is 25.1 Å². The Morgan fingerprint density at radius 3 is 2.31 bits per heavy atom. The van der Waals surface area contributed by atoms with Gasteiger partial charge in [0.15, 0.2) is 0 Å². The summed E-state index contributed by atoms with van der Waals surface area (Å²) in [6.07, 6.45) is 4.22. The maximum absolute atomic E-state index is 11.3. The zero-order chi connectivity index (χ0) is 20.5. The van der Waals surface area contributed by atoms with Crippen LogP contribution in [-0.2, 0) is 17.9 Å². The van der Waals surface area contributed by atoms with Crippen LogP contribution in [0.5, 0.6) is 5.75 Å². The Labute approximate surface area is 173 Å². The number of aromatic nitrogens is 1. The molecule has 1 aliphatic heterocycles. The number of nitrogens with zero attached hydrogens (tertiary/aromatic N) is 3. The number of carbonyl (C=O) groups excluding carboxylic acids is 1. The van der Waals surface area contributed by atoms with Crippen molar-refractivity contribution in [3.8, 4) is 5.75 Å². The SMILES string of the molecule is CCC(=O)NC[C@H](C)Oc1ccc(CN2CCN(Cc3cccnc3)CC2)cc1. The number of hydrogen-bond acceptors (Lipinski definition) is 5. The molecule has 1 amide bonds. The van der Waals surface area contributed by atoms with Gasteiger partial charge >= 0.3 is 0 Å². The fraction of sp³-hybridized carbons (Fsp3) is 0.478. The van der Waals surface area contributed by atoms with Gasteiger partial charge in [-0.15, -0.1) is 0 Å². The second kappa shape index (κ2) is 10.9. The van der Waals surface area contributed by atoms with Gasteiger partial charge in [0.2, 0.25) is 5.91 Å². The monoisotopic (exact) mass is 396 g/mol. The molecule has 1 atom stereocenters. The highest BCUT2D eigenvalue weighted by Gasteiger charge is 2.17. The minimum Gasteiger partial charge on any atom is -0.489 e. The van der Waals surface area contributed by atoms with Crippen LogP contribution in [-0.4, -0.2) is 59.5 Å². The standard InChI is InChI=1S/C23H32N4O2/c1-3-23(28)25-15-19(2)29-22-8-6-20(7-9-22)17-26-11-13-27(14-12-26)18-21-5-4-10-24-16-21/h4-10,16,19H,3,11-15,17-18H2,1-2H3,(H,25,28)/t19-/m0/s1. The molecule has 1 N–H and O–H groups in total. The van der Waals surface area contributed by atoms with E-state index in [1.165, 1.54) is 11.1 Å². The van der Waals surface area contributed by atoms with E-state index in [0.29, 0.717) is 13.0 Å². The molecule has 0 spiro atoms. The van der Waals surface area contributed by atoms with Gasteiger partial charge in [-0.25, -0.2) is 0 Å². The van der Waals surface area contributed by atoms with Crippen LogP contribution in [0.25, 0.3) is 0 Å². The molecule has 1 saturated heterocycles. The average molecular weight is 397 g/mol. The van der Waals surface area contributed by atoms with Gasteiger partial charge in [0.1, 0.15) is 11.9 Å². The van der Waals surface area contributed by atoms with E-state index in [0.717, 1.165) is 45.0 Å². The predicted molar refractivity (Wildman–Crippen MR) is 115 cm³/mol. The molecule has 1 aliphatic rings. The summed E-state index contributed by atoms with van der Waals surface area (Å²) in [7, 11) is 0. The lowest BCUT2D eigenvalue weighted by Crippen LogP contribution is -2.45. The highest BCUT2D eigenvalue weighted by molar-refractivity contribution is 5.75. The minimum atomic E-state index is -0.0516. The fourth-order valence-corrected chi connectivity index (χ4v) is 3.44. The third-order valence-electron chi connectivity index (χ3n) is 5.17. The highest BCUT2D eigenvalue weighted by Crippen LogP contribution is 2.16. The Morgan fingerprint density at radius 2 is 1.72 bits per heavy atom. The number of ether oxygens (including phenoxy) is 1. The van der Waals surface area contributed by atoms with Gasteiger partial charge in [0.25, 0.3) is 0 Å². The Hall–Kier alpha value is -2.44. The van der Waals surface area contributed by atoms with Gasteiger partial charge in [0, 0.05) is 58.1 Å². The van der Waals surface area contributed by atoms with Gasteiger partial charge in [0.05, 0.1) is 6.54 Å². The van der Waals surface area contributed by atoms with Crippen LogP contribution in [0.3, 0.4) is 0 Å². The van der Waals surface area contributed by atoms with Crippen LogP contribution < -0.4 is 10.1 Å². The summed E-state index contributed by atoms with van der Waals surface area (Å²) < 4.78 is 5.88. The number of pyridine rings is 1. The van der Waals surface area contributed by atoms with E-state index in [1.807, 2.05) is 44.4 Å². The van der Waals surface area contributed by atoms with Crippen LogP contribution in [0.4, 0.5) is 0 Å². The van der Waals surface area contributed by atoms with E-state index < -0.39 is 0 Å². The summed E-state index contributed by atoms with van der Waals surface area (Å²) in [5.41, 5.74) is 2.57. The first kappa shape index (κ1) is 21.3. The zero-order valence-corrected chi connectivity index (χ0v) is 17.5. The molecule has 29 heavy (non-hydrogen) atoms. The maximum atomic E-state index is 11.3. The summed E-state index contributed by atoms with van der Waals surface area (Å²) in [5, 5.41) is 2.86. The lowest BCUT2D eigenvalue weighted by atomic mass is 10.2. The second-order valence-electron chi connectivity index (χ2n) is 7.64. The van der Waals surface area contributed by atoms with Crippen molar-refractivity contribution in [1.82, 2.24) is 20.1 Å². The van der Waals surface area contributed by atoms with E-state index in [-0.39, 0.29) is 12.0 Å². The quantitative estimate of drug-likeness (QED) is 0.706. The molecule has 156 valence electrons. The Bertz CT molecular complexity index is 743. The van der Waals surface area contributed by atoms with E-state index in [9.17, 15) is 4.79 Å². The minimum absolute atomic E-state index is 0.0516. The van der Waals surface area contributed by atoms with Gasteiger partial charge in [-0.3, -0.25) is 19.6 Å². The van der Waals surface area contributed by atoms with Crippen LogP contribution in [0.1, 0.15) is 31.4 Å². The number of rotatable bonds is 9. The summed E-state index contributed by atoms with van der Waals surface area (Å²) in [6.45, 7) is 10.6. The van der Waals surface area contributed by atoms with E-state index in [2.05, 4.69) is 38.3 Å². The molecule has 6 heteroatoms. The Morgan fingerprint density at radius 1 is 1.07 bits per heavy atom. The molecule has 6 nitrogen and oxygen atoms in total. The number of amides is 1. The predicted octanol–water partition coefficient (Wildman–Crippen LogP) is 2.69. The van der Waals surface area contributed by atoms with Crippen molar-refractivity contribution in [2.75, 3.05) is 32.7 Å². The number of nitrogens with one attached hydrogen (secondary N) is 1. The molecule has 0 unspecified atom stereocenters. The zero-order valence-electron chi connectivity index (χ0n) is 17.5. The normalized spacial score (nSPS) is 16.3. The smallest absolute Gasteiger partial charge is 0.219 e. The van der Waals surface area contributed by atoms with Crippen LogP contribution >= 0.6 is 0 Å². The topological polar surface area (TPSA) is 57.7 Å². The first-order valence-corrected chi connectivity index (χ1v) is 10.5. The summed E-state index contributed by atoms with van der Waals surface area (Å²) in [4.78, 5) is 20.5. The summed E-state index contributed by atoms with van der Waals surface area (Å²) in [5.74, 6) is 0.893. The maximum Gasteiger partial charge on any atom is 0.219 e. The molecule has 0 bridgehead atoms. The van der Waals surface area contributed by atoms with Gasteiger partial charge in [-0.2, -0.15) is 0 Å². The van der Waals surface area contributed by atoms with Crippen molar-refractivity contribution in [3.05, 3.63) is 59.9 Å². The van der Waals surface area contributed by atoms with Crippen LogP contribution in [0.15, 0.2) is 48.8 Å². The average Bonchev–Trinajstić information content (AvgIpc) is 2.75. The molecule has 3 rings (SSSR count). The Kier molecular flexibility index (Phi) is 8.02. The largest absolute Gasteiger partial charge is 0.489 e. The van der Waals surface area contributed by atoms with Crippen LogP contribution in [0, 0.1) is 0 Å². The molecule has 0 radical (unpaired) electrons. The third kappa shape index (κ3) is 7.15. The fourth-order valence-electron chi connectivity index (χ4n) is 3.44. The highest BCUT2D eigenvalue weighted by atomic mass is 16.5. The first-order valence-electron chi connectivity index (χ1n) is 10.5. The number of benzene rings is 1. The Balaban J connectivity index is 1.39. The van der Waals surface area contributed by atoms with Crippen LogP contribution in [0.2, 0.25) is 0 Å². The molecular formula is C23H32N4O2. The summed E-state index contributed by atoms with van der Waals surface area (Å²) in [6, 6.07) is 12.4. The molecular weight excluding hydrogens is 364 g/mol. The van der Waals surface area contributed by atoms with Gasteiger partial charge < -0.3 is 10.1 Å². The first-order chi connectivity index (χ1) is 14.1. The molecule has 1 fully saturated rings. The lowest BCUT2D eigenvalue weighted by Gasteiger charge is -2.34. The summed E-state index contributed by atoms with van der Waals surface area (Å²) >= 11 is 0. The number of piperazine rings is 1. The molecule has 1 aromatic carbocycles. The van der Waals surface area contributed by atoms with E-state index in [4.69, 9.17) is 4.74 Å². The van der Waals surface area contributed by atoms with Crippen molar-refractivity contribution in [3.63, 3.8) is 0 Å². The number of hydrogen-bond donors (Lipinski definition) is 1.